The van der Waals surface area contributed by atoms with Gasteiger partial charge in [0.05, 0.1) is 11.6 Å². The Morgan fingerprint density at radius 1 is 1.20 bits per heavy atom. The van der Waals surface area contributed by atoms with Crippen LogP contribution in [-0.4, -0.2) is 4.98 Å². The molecule has 15 heavy (non-hydrogen) atoms. The fourth-order valence-corrected chi connectivity index (χ4v) is 2.08. The summed E-state index contributed by atoms with van der Waals surface area (Å²) in [6.45, 7) is 1.94. The quantitative estimate of drug-likeness (QED) is 0.743. The van der Waals surface area contributed by atoms with E-state index in [4.69, 9.17) is 4.42 Å². The Morgan fingerprint density at radius 3 is 2.47 bits per heavy atom. The molecule has 0 aliphatic heterocycles. The van der Waals surface area contributed by atoms with Gasteiger partial charge in [-0.2, -0.15) is 0 Å². The first kappa shape index (κ1) is 8.72. The van der Waals surface area contributed by atoms with Crippen molar-refractivity contribution in [3.8, 4) is 0 Å². The highest BCUT2D eigenvalue weighted by Gasteiger charge is 2.49. The molecule has 1 aromatic heterocycles. The maximum atomic E-state index is 5.65. The highest BCUT2D eigenvalue weighted by molar-refractivity contribution is 5.38. The van der Waals surface area contributed by atoms with Crippen molar-refractivity contribution in [2.75, 3.05) is 0 Å². The lowest BCUT2D eigenvalue weighted by Crippen LogP contribution is -2.08. The van der Waals surface area contributed by atoms with Crippen LogP contribution in [0.25, 0.3) is 0 Å². The first-order valence-electron chi connectivity index (χ1n) is 5.30. The minimum absolute atomic E-state index is 0.0789. The van der Waals surface area contributed by atoms with Crippen molar-refractivity contribution in [2.45, 2.75) is 25.2 Å². The van der Waals surface area contributed by atoms with E-state index in [1.165, 1.54) is 5.56 Å². The number of benzene rings is 1. The SMILES string of the molecule is Cc1cnc(C2(c3ccccc3)CC2)o1. The first-order valence-corrected chi connectivity index (χ1v) is 5.30. The summed E-state index contributed by atoms with van der Waals surface area (Å²) in [4.78, 5) is 4.36. The van der Waals surface area contributed by atoms with E-state index >= 15 is 0 Å². The molecule has 1 fully saturated rings. The third-order valence-corrected chi connectivity index (χ3v) is 3.11. The summed E-state index contributed by atoms with van der Waals surface area (Å²) in [6, 6.07) is 10.5. The van der Waals surface area contributed by atoms with E-state index < -0.39 is 0 Å². The molecule has 0 amide bonds. The second-order valence-corrected chi connectivity index (χ2v) is 4.22. The molecule has 1 saturated carbocycles. The summed E-state index contributed by atoms with van der Waals surface area (Å²) in [5, 5.41) is 0. The van der Waals surface area contributed by atoms with Crippen LogP contribution in [-0.2, 0) is 5.41 Å². The summed E-state index contributed by atoms with van der Waals surface area (Å²) >= 11 is 0. The van der Waals surface area contributed by atoms with E-state index in [0.717, 1.165) is 24.5 Å². The average molecular weight is 199 g/mol. The molecule has 2 aromatic rings. The van der Waals surface area contributed by atoms with Crippen LogP contribution in [0.3, 0.4) is 0 Å². The molecule has 2 heteroatoms. The Balaban J connectivity index is 2.05. The number of aryl methyl sites for hydroxylation is 1. The van der Waals surface area contributed by atoms with Gasteiger partial charge in [-0.25, -0.2) is 4.98 Å². The average Bonchev–Trinajstić information content (AvgIpc) is 2.98. The smallest absolute Gasteiger partial charge is 0.204 e. The van der Waals surface area contributed by atoms with Gasteiger partial charge in [-0.3, -0.25) is 0 Å². The van der Waals surface area contributed by atoms with Crippen LogP contribution >= 0.6 is 0 Å². The van der Waals surface area contributed by atoms with Gasteiger partial charge >= 0.3 is 0 Å². The minimum Gasteiger partial charge on any atom is -0.445 e. The van der Waals surface area contributed by atoms with Gasteiger partial charge in [0.25, 0.3) is 0 Å². The predicted molar refractivity (Wildman–Crippen MR) is 57.7 cm³/mol. The van der Waals surface area contributed by atoms with Crippen LogP contribution in [0.15, 0.2) is 40.9 Å². The lowest BCUT2D eigenvalue weighted by molar-refractivity contribution is 0.442. The Hall–Kier alpha value is -1.57. The molecule has 0 saturated heterocycles. The molecule has 0 bridgehead atoms. The Morgan fingerprint density at radius 2 is 1.93 bits per heavy atom. The molecule has 0 N–H and O–H groups in total. The lowest BCUT2D eigenvalue weighted by Gasteiger charge is -2.10. The van der Waals surface area contributed by atoms with Gasteiger partial charge in [-0.05, 0) is 25.3 Å². The molecule has 1 aliphatic rings. The van der Waals surface area contributed by atoms with Gasteiger partial charge in [0.15, 0.2) is 0 Å². The molecule has 0 unspecified atom stereocenters. The molecule has 0 radical (unpaired) electrons. The van der Waals surface area contributed by atoms with E-state index in [1.54, 1.807) is 6.20 Å². The number of hydrogen-bond donors (Lipinski definition) is 0. The highest BCUT2D eigenvalue weighted by atomic mass is 16.4. The molecule has 0 atom stereocenters. The van der Waals surface area contributed by atoms with Gasteiger partial charge in [-0.1, -0.05) is 30.3 Å². The molecule has 1 heterocycles. The number of aromatic nitrogens is 1. The predicted octanol–water partition coefficient (Wildman–Crippen LogP) is 3.06. The normalized spacial score (nSPS) is 17.7. The zero-order chi connectivity index (χ0) is 10.3. The van der Waals surface area contributed by atoms with E-state index in [2.05, 4.69) is 29.2 Å². The maximum absolute atomic E-state index is 5.65. The second kappa shape index (κ2) is 2.96. The summed E-state index contributed by atoms with van der Waals surface area (Å²) < 4.78 is 5.65. The summed E-state index contributed by atoms with van der Waals surface area (Å²) in [7, 11) is 0. The third-order valence-electron chi connectivity index (χ3n) is 3.11. The number of hydrogen-bond acceptors (Lipinski definition) is 2. The van der Waals surface area contributed by atoms with Crippen molar-refractivity contribution in [2.24, 2.45) is 0 Å². The van der Waals surface area contributed by atoms with Gasteiger partial charge in [0.1, 0.15) is 5.76 Å². The van der Waals surface area contributed by atoms with E-state index in [1.807, 2.05) is 13.0 Å². The summed E-state index contributed by atoms with van der Waals surface area (Å²) in [5.41, 5.74) is 1.40. The molecule has 3 rings (SSSR count). The number of rotatable bonds is 2. The molecule has 1 aromatic carbocycles. The zero-order valence-corrected chi connectivity index (χ0v) is 8.73. The molecular weight excluding hydrogens is 186 g/mol. The van der Waals surface area contributed by atoms with Gasteiger partial charge < -0.3 is 4.42 Å². The lowest BCUT2D eigenvalue weighted by atomic mass is 9.96. The van der Waals surface area contributed by atoms with Crippen molar-refractivity contribution in [3.05, 3.63) is 53.7 Å². The zero-order valence-electron chi connectivity index (χ0n) is 8.73. The fourth-order valence-electron chi connectivity index (χ4n) is 2.08. The number of nitrogens with zero attached hydrogens (tertiary/aromatic N) is 1. The molecule has 0 spiro atoms. The maximum Gasteiger partial charge on any atom is 0.204 e. The topological polar surface area (TPSA) is 26.0 Å². The monoisotopic (exact) mass is 199 g/mol. The molecule has 1 aliphatic carbocycles. The van der Waals surface area contributed by atoms with Crippen molar-refractivity contribution >= 4 is 0 Å². The Bertz CT molecular complexity index is 468. The van der Waals surface area contributed by atoms with E-state index in [9.17, 15) is 0 Å². The van der Waals surface area contributed by atoms with Crippen LogP contribution in [0.2, 0.25) is 0 Å². The highest BCUT2D eigenvalue weighted by Crippen LogP contribution is 2.52. The molecule has 76 valence electrons. The van der Waals surface area contributed by atoms with Crippen LogP contribution in [0, 0.1) is 6.92 Å². The largest absolute Gasteiger partial charge is 0.445 e. The van der Waals surface area contributed by atoms with Crippen LogP contribution in [0.5, 0.6) is 0 Å². The Labute approximate surface area is 89.0 Å². The first-order chi connectivity index (χ1) is 7.31. The van der Waals surface area contributed by atoms with Crippen molar-refractivity contribution in [3.63, 3.8) is 0 Å². The second-order valence-electron chi connectivity index (χ2n) is 4.22. The van der Waals surface area contributed by atoms with Crippen molar-refractivity contribution in [1.82, 2.24) is 4.98 Å². The molecule has 2 nitrogen and oxygen atoms in total. The van der Waals surface area contributed by atoms with Gasteiger partial charge in [0.2, 0.25) is 5.89 Å². The minimum atomic E-state index is 0.0789. The van der Waals surface area contributed by atoms with Crippen molar-refractivity contribution < 1.29 is 4.42 Å². The fraction of sp³-hybridized carbons (Fsp3) is 0.308. The summed E-state index contributed by atoms with van der Waals surface area (Å²) in [5.74, 6) is 1.78. The van der Waals surface area contributed by atoms with Crippen LogP contribution < -0.4 is 0 Å². The van der Waals surface area contributed by atoms with Crippen LogP contribution in [0.1, 0.15) is 30.1 Å². The third kappa shape index (κ3) is 1.29. The van der Waals surface area contributed by atoms with E-state index in [-0.39, 0.29) is 5.41 Å². The van der Waals surface area contributed by atoms with Crippen LogP contribution in [0.4, 0.5) is 0 Å². The number of oxazole rings is 1. The van der Waals surface area contributed by atoms with E-state index in [0.29, 0.717) is 0 Å². The van der Waals surface area contributed by atoms with Crippen molar-refractivity contribution in [1.29, 1.82) is 0 Å². The van der Waals surface area contributed by atoms with Gasteiger partial charge in [-0.15, -0.1) is 0 Å². The summed E-state index contributed by atoms with van der Waals surface area (Å²) in [6.07, 6.45) is 4.10. The standard InChI is InChI=1S/C13H13NO/c1-10-9-14-12(15-10)13(7-8-13)11-5-3-2-4-6-11/h2-6,9H,7-8H2,1H3. The van der Waals surface area contributed by atoms with Gasteiger partial charge in [0, 0.05) is 0 Å². The molecular formula is C13H13NO. The Kier molecular flexibility index (Phi) is 1.72.